The summed E-state index contributed by atoms with van der Waals surface area (Å²) in [6.07, 6.45) is 0.395. The van der Waals surface area contributed by atoms with Crippen molar-refractivity contribution in [2.24, 2.45) is 0 Å². The summed E-state index contributed by atoms with van der Waals surface area (Å²) in [4.78, 5) is 11.5. The van der Waals surface area contributed by atoms with Crippen molar-refractivity contribution in [2.75, 3.05) is 13.2 Å². The molecule has 94 valence electrons. The molecule has 2 N–H and O–H groups in total. The zero-order chi connectivity index (χ0) is 12.2. The predicted molar refractivity (Wildman–Crippen MR) is 59.2 cm³/mol. The number of hydrogen-bond acceptors (Lipinski definition) is 4. The summed E-state index contributed by atoms with van der Waals surface area (Å²) in [5.74, 6) is 0. The summed E-state index contributed by atoms with van der Waals surface area (Å²) in [5, 5.41) is 12.4. The van der Waals surface area contributed by atoms with Gasteiger partial charge in [-0.25, -0.2) is 4.79 Å². The van der Waals surface area contributed by atoms with Gasteiger partial charge in [-0.2, -0.15) is 0 Å². The standard InChI is InChI=1S/C11H21NO4/c1-11(2,3)16-10(14)12-8-5-4-6-15-7-9(8)13/h8-9,13H,4-7H2,1-3H3,(H,12,14)/t8-,9+/m1/s1. The molecule has 2 atom stereocenters. The van der Waals surface area contributed by atoms with Crippen molar-refractivity contribution in [1.82, 2.24) is 5.32 Å². The number of alkyl carbamates (subject to hydrolysis) is 1. The second-order valence-corrected chi connectivity index (χ2v) is 5.04. The minimum Gasteiger partial charge on any atom is -0.444 e. The van der Waals surface area contributed by atoms with Gasteiger partial charge in [0, 0.05) is 6.61 Å². The molecule has 5 heteroatoms. The fraction of sp³-hybridized carbons (Fsp3) is 0.909. The number of carbonyl (C=O) groups is 1. The van der Waals surface area contributed by atoms with Crippen molar-refractivity contribution in [1.29, 1.82) is 0 Å². The van der Waals surface area contributed by atoms with E-state index >= 15 is 0 Å². The van der Waals surface area contributed by atoms with Crippen LogP contribution in [0, 0.1) is 0 Å². The lowest BCUT2D eigenvalue weighted by Gasteiger charge is -2.24. The Morgan fingerprint density at radius 2 is 2.19 bits per heavy atom. The van der Waals surface area contributed by atoms with Crippen LogP contribution in [0.15, 0.2) is 0 Å². The number of amides is 1. The normalized spacial score (nSPS) is 27.0. The minimum absolute atomic E-state index is 0.264. The van der Waals surface area contributed by atoms with Crippen molar-refractivity contribution in [3.05, 3.63) is 0 Å². The monoisotopic (exact) mass is 231 g/mol. The first-order valence-electron chi connectivity index (χ1n) is 5.64. The van der Waals surface area contributed by atoms with Gasteiger partial charge >= 0.3 is 6.09 Å². The molecule has 0 spiro atoms. The number of rotatable bonds is 1. The van der Waals surface area contributed by atoms with Gasteiger partial charge in [-0.3, -0.25) is 0 Å². The molecule has 1 heterocycles. The average molecular weight is 231 g/mol. The summed E-state index contributed by atoms with van der Waals surface area (Å²) in [5.41, 5.74) is -0.518. The summed E-state index contributed by atoms with van der Waals surface area (Å²) >= 11 is 0. The van der Waals surface area contributed by atoms with Crippen LogP contribution >= 0.6 is 0 Å². The number of hydrogen-bond donors (Lipinski definition) is 2. The minimum atomic E-state index is -0.657. The van der Waals surface area contributed by atoms with E-state index in [-0.39, 0.29) is 12.6 Å². The van der Waals surface area contributed by atoms with E-state index in [1.54, 1.807) is 20.8 Å². The van der Waals surface area contributed by atoms with E-state index in [2.05, 4.69) is 5.32 Å². The molecule has 1 saturated heterocycles. The maximum Gasteiger partial charge on any atom is 0.407 e. The Balaban J connectivity index is 2.42. The topological polar surface area (TPSA) is 67.8 Å². The van der Waals surface area contributed by atoms with E-state index in [4.69, 9.17) is 9.47 Å². The summed E-state index contributed by atoms with van der Waals surface area (Å²) in [7, 11) is 0. The van der Waals surface area contributed by atoms with E-state index in [0.29, 0.717) is 13.0 Å². The van der Waals surface area contributed by atoms with Crippen LogP contribution in [0.5, 0.6) is 0 Å². The third-order valence-corrected chi connectivity index (χ3v) is 2.26. The number of aliphatic hydroxyl groups is 1. The van der Waals surface area contributed by atoms with Crippen molar-refractivity contribution in [3.8, 4) is 0 Å². The van der Waals surface area contributed by atoms with Crippen LogP contribution in [0.25, 0.3) is 0 Å². The van der Waals surface area contributed by atoms with Gasteiger partial charge in [0.05, 0.1) is 18.8 Å². The van der Waals surface area contributed by atoms with Crippen LogP contribution < -0.4 is 5.32 Å². The highest BCUT2D eigenvalue weighted by molar-refractivity contribution is 5.68. The van der Waals surface area contributed by atoms with Gasteiger partial charge in [-0.1, -0.05) is 0 Å². The molecule has 0 saturated carbocycles. The van der Waals surface area contributed by atoms with Gasteiger partial charge in [0.2, 0.25) is 0 Å². The largest absolute Gasteiger partial charge is 0.444 e. The van der Waals surface area contributed by atoms with Crippen LogP contribution in [-0.2, 0) is 9.47 Å². The van der Waals surface area contributed by atoms with Gasteiger partial charge in [-0.15, -0.1) is 0 Å². The molecule has 5 nitrogen and oxygen atoms in total. The number of aliphatic hydroxyl groups excluding tert-OH is 1. The number of nitrogens with one attached hydrogen (secondary N) is 1. The molecular weight excluding hydrogens is 210 g/mol. The molecule has 0 aromatic carbocycles. The molecule has 0 aromatic rings. The van der Waals surface area contributed by atoms with Gasteiger partial charge in [0.1, 0.15) is 5.60 Å². The number of carbonyl (C=O) groups excluding carboxylic acids is 1. The Labute approximate surface area is 96.1 Å². The summed E-state index contributed by atoms with van der Waals surface area (Å²) in [6, 6.07) is -0.280. The molecule has 0 aromatic heterocycles. The number of ether oxygens (including phenoxy) is 2. The quantitative estimate of drug-likeness (QED) is 0.708. The first-order valence-corrected chi connectivity index (χ1v) is 5.64. The van der Waals surface area contributed by atoms with E-state index in [0.717, 1.165) is 6.42 Å². The zero-order valence-corrected chi connectivity index (χ0v) is 10.2. The second-order valence-electron chi connectivity index (χ2n) is 5.04. The van der Waals surface area contributed by atoms with Gasteiger partial charge in [0.15, 0.2) is 0 Å². The third-order valence-electron chi connectivity index (χ3n) is 2.26. The smallest absolute Gasteiger partial charge is 0.407 e. The van der Waals surface area contributed by atoms with Crippen LogP contribution in [-0.4, -0.2) is 42.2 Å². The highest BCUT2D eigenvalue weighted by Crippen LogP contribution is 2.11. The van der Waals surface area contributed by atoms with Crippen molar-refractivity contribution in [3.63, 3.8) is 0 Å². The maximum atomic E-state index is 11.5. The van der Waals surface area contributed by atoms with E-state index in [1.807, 2.05) is 0 Å². The fourth-order valence-electron chi connectivity index (χ4n) is 1.55. The lowest BCUT2D eigenvalue weighted by Crippen LogP contribution is -2.46. The average Bonchev–Trinajstić information content (AvgIpc) is 2.29. The van der Waals surface area contributed by atoms with Crippen LogP contribution in [0.1, 0.15) is 33.6 Å². The van der Waals surface area contributed by atoms with E-state index in [9.17, 15) is 9.90 Å². The fourth-order valence-corrected chi connectivity index (χ4v) is 1.55. The molecule has 0 bridgehead atoms. The molecule has 16 heavy (non-hydrogen) atoms. The molecular formula is C11H21NO4. The Morgan fingerprint density at radius 3 is 2.81 bits per heavy atom. The Bertz CT molecular complexity index is 237. The van der Waals surface area contributed by atoms with Crippen LogP contribution in [0.4, 0.5) is 4.79 Å². The van der Waals surface area contributed by atoms with Gasteiger partial charge < -0.3 is 19.9 Å². The molecule has 1 aliphatic heterocycles. The SMILES string of the molecule is CC(C)(C)OC(=O)N[C@@H]1CCCOC[C@@H]1O. The Kier molecular flexibility index (Phi) is 4.56. The second kappa shape index (κ2) is 5.50. The highest BCUT2D eigenvalue weighted by atomic mass is 16.6. The molecule has 1 fully saturated rings. The Morgan fingerprint density at radius 1 is 1.50 bits per heavy atom. The zero-order valence-electron chi connectivity index (χ0n) is 10.2. The first-order chi connectivity index (χ1) is 7.38. The third kappa shape index (κ3) is 4.81. The van der Waals surface area contributed by atoms with Crippen molar-refractivity contribution in [2.45, 2.75) is 51.4 Å². The molecule has 0 aliphatic carbocycles. The van der Waals surface area contributed by atoms with Crippen molar-refractivity contribution >= 4 is 6.09 Å². The lowest BCUT2D eigenvalue weighted by molar-refractivity contribution is 0.0239. The van der Waals surface area contributed by atoms with E-state index < -0.39 is 17.8 Å². The predicted octanol–water partition coefficient (Wildman–Crippen LogP) is 1.05. The van der Waals surface area contributed by atoms with Gasteiger partial charge in [0.25, 0.3) is 0 Å². The highest BCUT2D eigenvalue weighted by Gasteiger charge is 2.26. The lowest BCUT2D eigenvalue weighted by atomic mass is 10.1. The van der Waals surface area contributed by atoms with Gasteiger partial charge in [-0.05, 0) is 33.6 Å². The molecule has 1 aliphatic rings. The first kappa shape index (κ1) is 13.3. The molecule has 1 amide bonds. The Hall–Kier alpha value is -0.810. The summed E-state index contributed by atoms with van der Waals surface area (Å²) in [6.45, 7) is 6.31. The van der Waals surface area contributed by atoms with E-state index in [1.165, 1.54) is 0 Å². The van der Waals surface area contributed by atoms with Crippen molar-refractivity contribution < 1.29 is 19.4 Å². The molecule has 0 unspecified atom stereocenters. The maximum absolute atomic E-state index is 11.5. The summed E-state index contributed by atoms with van der Waals surface area (Å²) < 4.78 is 10.3. The van der Waals surface area contributed by atoms with Crippen LogP contribution in [0.2, 0.25) is 0 Å². The molecule has 0 radical (unpaired) electrons. The molecule has 1 rings (SSSR count). The van der Waals surface area contributed by atoms with Crippen LogP contribution in [0.3, 0.4) is 0 Å².